The zero-order valence-electron chi connectivity index (χ0n) is 12.7. The third kappa shape index (κ3) is 2.86. The van der Waals surface area contributed by atoms with Crippen molar-refractivity contribution in [2.75, 3.05) is 6.54 Å². The predicted molar refractivity (Wildman–Crippen MR) is 81.1 cm³/mol. The molecule has 2 rings (SSSR count). The van der Waals surface area contributed by atoms with Gasteiger partial charge in [0.25, 0.3) is 0 Å². The van der Waals surface area contributed by atoms with Gasteiger partial charge in [0, 0.05) is 24.0 Å². The van der Waals surface area contributed by atoms with Gasteiger partial charge >= 0.3 is 0 Å². The fourth-order valence-electron chi connectivity index (χ4n) is 2.11. The van der Waals surface area contributed by atoms with Crippen LogP contribution in [-0.2, 0) is 13.5 Å². The number of hydrogen-bond acceptors (Lipinski definition) is 5. The summed E-state index contributed by atoms with van der Waals surface area (Å²) < 4.78 is 1.89. The summed E-state index contributed by atoms with van der Waals surface area (Å²) in [7, 11) is 1.95. The van der Waals surface area contributed by atoms with E-state index in [4.69, 9.17) is 5.73 Å². The molecule has 20 heavy (non-hydrogen) atoms. The lowest BCUT2D eigenvalue weighted by atomic mass is 10.2. The molecule has 0 saturated carbocycles. The monoisotopic (exact) mass is 291 g/mol. The van der Waals surface area contributed by atoms with Gasteiger partial charge < -0.3 is 5.73 Å². The molecule has 0 atom stereocenters. The van der Waals surface area contributed by atoms with E-state index >= 15 is 0 Å². The fourth-order valence-corrected chi connectivity index (χ4v) is 3.20. The van der Waals surface area contributed by atoms with Crippen molar-refractivity contribution in [1.82, 2.24) is 19.7 Å². The Kier molecular flexibility index (Phi) is 4.45. The van der Waals surface area contributed by atoms with Crippen molar-refractivity contribution in [2.45, 2.75) is 44.3 Å². The van der Waals surface area contributed by atoms with Crippen molar-refractivity contribution < 1.29 is 0 Å². The van der Waals surface area contributed by atoms with Gasteiger partial charge in [-0.2, -0.15) is 5.10 Å². The van der Waals surface area contributed by atoms with E-state index in [1.807, 2.05) is 39.4 Å². The predicted octanol–water partition coefficient (Wildman–Crippen LogP) is 2.10. The van der Waals surface area contributed by atoms with Crippen LogP contribution in [0.4, 0.5) is 0 Å². The van der Waals surface area contributed by atoms with Crippen LogP contribution in [0, 0.1) is 27.7 Å². The maximum absolute atomic E-state index is 5.69. The SMILES string of the molecule is Cc1nc(Sc2c(CCN)c(C)nn2C)nc(C)c1C. The van der Waals surface area contributed by atoms with Crippen LogP contribution >= 0.6 is 11.8 Å². The Labute approximate surface area is 124 Å². The summed E-state index contributed by atoms with van der Waals surface area (Å²) in [5, 5.41) is 6.32. The molecule has 2 heterocycles. The lowest BCUT2D eigenvalue weighted by Crippen LogP contribution is -2.05. The Morgan fingerprint density at radius 3 is 2.20 bits per heavy atom. The van der Waals surface area contributed by atoms with Crippen LogP contribution in [0.15, 0.2) is 10.2 Å². The highest BCUT2D eigenvalue weighted by Crippen LogP contribution is 2.30. The van der Waals surface area contributed by atoms with E-state index in [-0.39, 0.29) is 0 Å². The van der Waals surface area contributed by atoms with Crippen molar-refractivity contribution in [2.24, 2.45) is 12.8 Å². The van der Waals surface area contributed by atoms with E-state index in [9.17, 15) is 0 Å². The van der Waals surface area contributed by atoms with Crippen LogP contribution in [0.3, 0.4) is 0 Å². The van der Waals surface area contributed by atoms with Crippen molar-refractivity contribution in [3.8, 4) is 0 Å². The molecule has 0 spiro atoms. The van der Waals surface area contributed by atoms with E-state index in [1.54, 1.807) is 11.8 Å². The molecule has 0 fully saturated rings. The van der Waals surface area contributed by atoms with E-state index in [0.717, 1.165) is 39.2 Å². The molecule has 0 aliphatic rings. The van der Waals surface area contributed by atoms with E-state index in [2.05, 4.69) is 15.1 Å². The average Bonchev–Trinajstić information content (AvgIpc) is 2.63. The third-order valence-corrected chi connectivity index (χ3v) is 4.55. The second-order valence-electron chi connectivity index (χ2n) is 4.94. The summed E-state index contributed by atoms with van der Waals surface area (Å²) in [5.74, 6) is 0. The van der Waals surface area contributed by atoms with Gasteiger partial charge in [-0.3, -0.25) is 4.68 Å². The topological polar surface area (TPSA) is 69.6 Å². The largest absolute Gasteiger partial charge is 0.330 e. The number of nitrogens with two attached hydrogens (primary N) is 1. The number of rotatable bonds is 4. The molecule has 2 aromatic rings. The molecule has 108 valence electrons. The van der Waals surface area contributed by atoms with Crippen LogP contribution in [-0.4, -0.2) is 26.3 Å². The molecule has 0 radical (unpaired) electrons. The van der Waals surface area contributed by atoms with Crippen molar-refractivity contribution >= 4 is 11.8 Å². The molecular formula is C14H21N5S. The van der Waals surface area contributed by atoms with Crippen LogP contribution in [0.2, 0.25) is 0 Å². The van der Waals surface area contributed by atoms with Crippen molar-refractivity contribution in [3.63, 3.8) is 0 Å². The molecule has 0 unspecified atom stereocenters. The lowest BCUT2D eigenvalue weighted by Gasteiger charge is -2.08. The quantitative estimate of drug-likeness (QED) is 0.874. The number of aryl methyl sites for hydroxylation is 4. The molecule has 6 heteroatoms. The smallest absolute Gasteiger partial charge is 0.194 e. The minimum Gasteiger partial charge on any atom is -0.330 e. The van der Waals surface area contributed by atoms with E-state index < -0.39 is 0 Å². The second kappa shape index (κ2) is 5.93. The Bertz CT molecular complexity index is 610. The second-order valence-corrected chi connectivity index (χ2v) is 5.89. The molecule has 0 amide bonds. The average molecular weight is 291 g/mol. The molecule has 2 N–H and O–H groups in total. The van der Waals surface area contributed by atoms with Gasteiger partial charge in [0.1, 0.15) is 5.03 Å². The Balaban J connectivity index is 2.39. The van der Waals surface area contributed by atoms with Gasteiger partial charge in [-0.05, 0) is 58.0 Å². The number of nitrogens with zero attached hydrogens (tertiary/aromatic N) is 4. The summed E-state index contributed by atoms with van der Waals surface area (Å²) in [6.07, 6.45) is 0.825. The number of aromatic nitrogens is 4. The molecule has 2 aromatic heterocycles. The summed E-state index contributed by atoms with van der Waals surface area (Å²) in [6, 6.07) is 0. The Morgan fingerprint density at radius 1 is 1.05 bits per heavy atom. The van der Waals surface area contributed by atoms with E-state index in [0.29, 0.717) is 6.54 Å². The first-order valence-electron chi connectivity index (χ1n) is 6.66. The lowest BCUT2D eigenvalue weighted by molar-refractivity contribution is 0.686. The van der Waals surface area contributed by atoms with Crippen LogP contribution in [0.25, 0.3) is 0 Å². The van der Waals surface area contributed by atoms with Gasteiger partial charge in [0.15, 0.2) is 5.16 Å². The highest BCUT2D eigenvalue weighted by molar-refractivity contribution is 7.99. The minimum atomic E-state index is 0.618. The summed E-state index contributed by atoms with van der Waals surface area (Å²) in [4.78, 5) is 9.12. The zero-order chi connectivity index (χ0) is 14.9. The normalized spacial score (nSPS) is 11.1. The summed E-state index contributed by atoms with van der Waals surface area (Å²) in [5.41, 5.74) is 11.1. The summed E-state index contributed by atoms with van der Waals surface area (Å²) in [6.45, 7) is 8.72. The fraction of sp³-hybridized carbons (Fsp3) is 0.500. The molecule has 0 aromatic carbocycles. The van der Waals surface area contributed by atoms with Crippen LogP contribution in [0.1, 0.15) is 28.2 Å². The first-order chi connectivity index (χ1) is 9.43. The molecule has 0 saturated heterocycles. The van der Waals surface area contributed by atoms with Crippen molar-refractivity contribution in [3.05, 3.63) is 28.2 Å². The van der Waals surface area contributed by atoms with Gasteiger partial charge in [-0.1, -0.05) is 0 Å². The molecule has 0 bridgehead atoms. The van der Waals surface area contributed by atoms with Gasteiger partial charge in [-0.25, -0.2) is 9.97 Å². The third-order valence-electron chi connectivity index (χ3n) is 3.48. The molecule has 5 nitrogen and oxygen atoms in total. The zero-order valence-corrected chi connectivity index (χ0v) is 13.5. The maximum Gasteiger partial charge on any atom is 0.194 e. The first-order valence-corrected chi connectivity index (χ1v) is 7.48. The molecule has 0 aliphatic carbocycles. The summed E-state index contributed by atoms with van der Waals surface area (Å²) >= 11 is 1.56. The minimum absolute atomic E-state index is 0.618. The van der Waals surface area contributed by atoms with Gasteiger partial charge in [0.05, 0.1) is 5.69 Å². The highest BCUT2D eigenvalue weighted by atomic mass is 32.2. The van der Waals surface area contributed by atoms with Crippen LogP contribution in [0.5, 0.6) is 0 Å². The van der Waals surface area contributed by atoms with Crippen LogP contribution < -0.4 is 5.73 Å². The standard InChI is InChI=1S/C14H21N5S/c1-8-9(2)16-14(17-10(8)3)20-13-12(6-7-15)11(4)18-19(13)5/h6-7,15H2,1-5H3. The van der Waals surface area contributed by atoms with Crippen molar-refractivity contribution in [1.29, 1.82) is 0 Å². The van der Waals surface area contributed by atoms with E-state index in [1.165, 1.54) is 5.56 Å². The van der Waals surface area contributed by atoms with Gasteiger partial charge in [-0.15, -0.1) is 0 Å². The first kappa shape index (κ1) is 15.0. The maximum atomic E-state index is 5.69. The van der Waals surface area contributed by atoms with Gasteiger partial charge in [0.2, 0.25) is 0 Å². The Morgan fingerprint density at radius 2 is 1.65 bits per heavy atom. The highest BCUT2D eigenvalue weighted by Gasteiger charge is 2.16. The number of hydrogen-bond donors (Lipinski definition) is 1. The molecule has 0 aliphatic heterocycles. The molecular weight excluding hydrogens is 270 g/mol. The Hall–Kier alpha value is -1.40.